The summed E-state index contributed by atoms with van der Waals surface area (Å²) in [6.07, 6.45) is 0.555. The summed E-state index contributed by atoms with van der Waals surface area (Å²) in [7, 11) is 0. The molecule has 0 aliphatic carbocycles. The van der Waals surface area contributed by atoms with E-state index in [4.69, 9.17) is 5.73 Å². The normalized spacial score (nSPS) is 11.6. The second kappa shape index (κ2) is 10.0. The Bertz CT molecular complexity index is 827. The second-order valence-electron chi connectivity index (χ2n) is 5.72. The molecule has 0 fully saturated rings. The number of benzene rings is 1. The number of carboxylic acid groups (broad SMARTS) is 1. The van der Waals surface area contributed by atoms with E-state index in [1.165, 1.54) is 11.3 Å². The summed E-state index contributed by atoms with van der Waals surface area (Å²) >= 11 is 4.83. The summed E-state index contributed by atoms with van der Waals surface area (Å²) in [5.41, 5.74) is 6.46. The number of halogens is 1. The number of aliphatic carboxylic acids is 1. The third-order valence-corrected chi connectivity index (χ3v) is 5.00. The fraction of sp³-hybridized carbons (Fsp3) is 0.294. The average molecular weight is 455 g/mol. The van der Waals surface area contributed by atoms with Crippen molar-refractivity contribution in [2.45, 2.75) is 25.3 Å². The van der Waals surface area contributed by atoms with Crippen LogP contribution in [0.5, 0.6) is 0 Å². The van der Waals surface area contributed by atoms with Gasteiger partial charge >= 0.3 is 12.0 Å². The van der Waals surface area contributed by atoms with Gasteiger partial charge in [-0.2, -0.15) is 0 Å². The smallest absolute Gasteiger partial charge is 0.326 e. The Labute approximate surface area is 168 Å². The molecular formula is C17H19BrN4O4S. The fourth-order valence-corrected chi connectivity index (χ4v) is 3.54. The van der Waals surface area contributed by atoms with Crippen LogP contribution in [0.2, 0.25) is 0 Å². The standard InChI is InChI=1S/C17H19BrN4O4S/c18-11-4-1-3-10(7-11)15-21-12(9-27-15)8-14(23)22-13(16(24)25)5-2-6-20-17(19)26/h1,3-4,7,9,13H,2,5-6,8H2,(H,22,23)(H,24,25)(H3,19,20,26)/t13-/m0/s1. The number of nitrogens with zero attached hydrogens (tertiary/aromatic N) is 1. The van der Waals surface area contributed by atoms with E-state index in [1.54, 1.807) is 5.38 Å². The summed E-state index contributed by atoms with van der Waals surface area (Å²) in [6.45, 7) is 0.247. The number of carbonyl (C=O) groups excluding carboxylic acids is 2. The molecule has 27 heavy (non-hydrogen) atoms. The number of amides is 3. The van der Waals surface area contributed by atoms with Crippen molar-refractivity contribution in [1.29, 1.82) is 0 Å². The number of primary amides is 1. The lowest BCUT2D eigenvalue weighted by atomic mass is 10.1. The molecule has 10 heteroatoms. The number of nitrogens with one attached hydrogen (secondary N) is 2. The van der Waals surface area contributed by atoms with Gasteiger partial charge in [-0.15, -0.1) is 11.3 Å². The highest BCUT2D eigenvalue weighted by Crippen LogP contribution is 2.26. The predicted octanol–water partition coefficient (Wildman–Crippen LogP) is 2.13. The van der Waals surface area contributed by atoms with Crippen LogP contribution in [0, 0.1) is 0 Å². The van der Waals surface area contributed by atoms with Gasteiger partial charge in [0.15, 0.2) is 0 Å². The van der Waals surface area contributed by atoms with E-state index in [0.29, 0.717) is 12.1 Å². The maximum atomic E-state index is 12.2. The number of rotatable bonds is 9. The number of nitrogens with two attached hydrogens (primary N) is 1. The van der Waals surface area contributed by atoms with Crippen molar-refractivity contribution >= 4 is 45.2 Å². The largest absolute Gasteiger partial charge is 0.480 e. The highest BCUT2D eigenvalue weighted by Gasteiger charge is 2.20. The number of thiazole rings is 1. The molecule has 0 saturated carbocycles. The molecule has 3 amide bonds. The first-order valence-electron chi connectivity index (χ1n) is 8.11. The Kier molecular flexibility index (Phi) is 7.74. The van der Waals surface area contributed by atoms with Gasteiger partial charge in [0.2, 0.25) is 5.91 Å². The third-order valence-electron chi connectivity index (χ3n) is 3.57. The molecule has 0 aliphatic rings. The highest BCUT2D eigenvalue weighted by molar-refractivity contribution is 9.10. The zero-order valence-corrected chi connectivity index (χ0v) is 16.7. The van der Waals surface area contributed by atoms with Gasteiger partial charge in [-0.1, -0.05) is 28.1 Å². The molecule has 144 valence electrons. The lowest BCUT2D eigenvalue weighted by molar-refractivity contribution is -0.141. The second-order valence-corrected chi connectivity index (χ2v) is 7.50. The molecule has 8 nitrogen and oxygen atoms in total. The van der Waals surface area contributed by atoms with Crippen LogP contribution in [-0.4, -0.2) is 40.6 Å². The maximum Gasteiger partial charge on any atom is 0.326 e. The third kappa shape index (κ3) is 6.99. The van der Waals surface area contributed by atoms with E-state index in [0.717, 1.165) is 15.0 Å². The fourth-order valence-electron chi connectivity index (χ4n) is 2.33. The van der Waals surface area contributed by atoms with Gasteiger partial charge in [-0.05, 0) is 25.0 Å². The van der Waals surface area contributed by atoms with Crippen molar-refractivity contribution in [3.63, 3.8) is 0 Å². The Morgan fingerprint density at radius 3 is 2.78 bits per heavy atom. The minimum atomic E-state index is -1.13. The van der Waals surface area contributed by atoms with Gasteiger partial charge < -0.3 is 21.5 Å². The monoisotopic (exact) mass is 454 g/mol. The van der Waals surface area contributed by atoms with Crippen LogP contribution >= 0.6 is 27.3 Å². The number of hydrogen-bond donors (Lipinski definition) is 4. The minimum absolute atomic E-state index is 0.00613. The molecule has 2 aromatic rings. The molecule has 0 spiro atoms. The first kappa shape index (κ1) is 20.8. The van der Waals surface area contributed by atoms with Gasteiger partial charge in [-0.25, -0.2) is 14.6 Å². The van der Waals surface area contributed by atoms with Gasteiger partial charge in [0.25, 0.3) is 0 Å². The van der Waals surface area contributed by atoms with Crippen molar-refractivity contribution in [2.75, 3.05) is 6.54 Å². The zero-order chi connectivity index (χ0) is 19.8. The van der Waals surface area contributed by atoms with Crippen LogP contribution in [0.25, 0.3) is 10.6 Å². The Hall–Kier alpha value is -2.46. The average Bonchev–Trinajstić information content (AvgIpc) is 3.05. The van der Waals surface area contributed by atoms with Crippen LogP contribution < -0.4 is 16.4 Å². The molecule has 0 bridgehead atoms. The molecule has 2 rings (SSSR count). The Morgan fingerprint density at radius 1 is 1.33 bits per heavy atom. The number of aromatic nitrogens is 1. The van der Waals surface area contributed by atoms with Crippen molar-refractivity contribution in [3.8, 4) is 10.6 Å². The predicted molar refractivity (Wildman–Crippen MR) is 105 cm³/mol. The van der Waals surface area contributed by atoms with Crippen LogP contribution in [0.1, 0.15) is 18.5 Å². The van der Waals surface area contributed by atoms with Gasteiger partial charge in [0.1, 0.15) is 11.0 Å². The first-order valence-corrected chi connectivity index (χ1v) is 9.78. The molecule has 1 atom stereocenters. The Balaban J connectivity index is 1.90. The van der Waals surface area contributed by atoms with E-state index in [1.807, 2.05) is 24.3 Å². The lowest BCUT2D eigenvalue weighted by Crippen LogP contribution is -2.42. The molecule has 1 aromatic heterocycles. The molecule has 0 saturated heterocycles. The van der Waals surface area contributed by atoms with Gasteiger partial charge in [0, 0.05) is 22.0 Å². The van der Waals surface area contributed by atoms with Crippen molar-refractivity contribution in [2.24, 2.45) is 5.73 Å². The van der Waals surface area contributed by atoms with Crippen LogP contribution in [0.4, 0.5) is 4.79 Å². The summed E-state index contributed by atoms with van der Waals surface area (Å²) < 4.78 is 0.935. The zero-order valence-electron chi connectivity index (χ0n) is 14.3. The minimum Gasteiger partial charge on any atom is -0.480 e. The lowest BCUT2D eigenvalue weighted by Gasteiger charge is -2.14. The summed E-state index contributed by atoms with van der Waals surface area (Å²) in [6, 6.07) is 5.97. The van der Waals surface area contributed by atoms with E-state index < -0.39 is 23.9 Å². The SMILES string of the molecule is NC(=O)NCCC[C@H](NC(=O)Cc1csc(-c2cccc(Br)c2)n1)C(=O)O. The molecular weight excluding hydrogens is 436 g/mol. The number of carboxylic acids is 1. The van der Waals surface area contributed by atoms with Crippen molar-refractivity contribution < 1.29 is 19.5 Å². The van der Waals surface area contributed by atoms with Crippen LogP contribution in [-0.2, 0) is 16.0 Å². The molecule has 0 aliphatic heterocycles. The number of urea groups is 1. The number of carbonyl (C=O) groups is 3. The molecule has 1 aromatic carbocycles. The van der Waals surface area contributed by atoms with Crippen molar-refractivity contribution in [1.82, 2.24) is 15.6 Å². The van der Waals surface area contributed by atoms with Gasteiger partial charge in [-0.3, -0.25) is 4.79 Å². The molecule has 0 radical (unpaired) electrons. The molecule has 1 heterocycles. The topological polar surface area (TPSA) is 134 Å². The quantitative estimate of drug-likeness (QED) is 0.430. The van der Waals surface area contributed by atoms with Gasteiger partial charge in [0.05, 0.1) is 12.1 Å². The summed E-state index contributed by atoms with van der Waals surface area (Å²) in [5, 5.41) is 16.7. The molecule has 0 unspecified atom stereocenters. The van der Waals surface area contributed by atoms with E-state index >= 15 is 0 Å². The van der Waals surface area contributed by atoms with Crippen LogP contribution in [0.3, 0.4) is 0 Å². The number of hydrogen-bond acceptors (Lipinski definition) is 5. The van der Waals surface area contributed by atoms with Crippen LogP contribution in [0.15, 0.2) is 34.1 Å². The summed E-state index contributed by atoms with van der Waals surface area (Å²) in [5.74, 6) is -1.55. The first-order chi connectivity index (χ1) is 12.8. The highest BCUT2D eigenvalue weighted by atomic mass is 79.9. The van der Waals surface area contributed by atoms with Crippen molar-refractivity contribution in [3.05, 3.63) is 39.8 Å². The van der Waals surface area contributed by atoms with E-state index in [-0.39, 0.29) is 19.4 Å². The summed E-state index contributed by atoms with van der Waals surface area (Å²) in [4.78, 5) is 38.5. The maximum absolute atomic E-state index is 12.2. The van der Waals surface area contributed by atoms with E-state index in [2.05, 4.69) is 31.5 Å². The molecule has 5 N–H and O–H groups in total. The Morgan fingerprint density at radius 2 is 2.11 bits per heavy atom. The van der Waals surface area contributed by atoms with E-state index in [9.17, 15) is 19.5 Å².